The van der Waals surface area contributed by atoms with Crippen LogP contribution in [-0.4, -0.2) is 23.2 Å². The zero-order valence-corrected chi connectivity index (χ0v) is 20.8. The van der Waals surface area contributed by atoms with Gasteiger partial charge in [-0.15, -0.1) is 0 Å². The van der Waals surface area contributed by atoms with E-state index in [1.165, 1.54) is 32.1 Å². The Morgan fingerprint density at radius 1 is 1.00 bits per heavy atom. The molecule has 3 aliphatic carbocycles. The lowest BCUT2D eigenvalue weighted by Gasteiger charge is -2.56. The molecule has 0 heterocycles. The number of rotatable bonds is 8. The van der Waals surface area contributed by atoms with Gasteiger partial charge in [-0.05, 0) is 85.9 Å². The van der Waals surface area contributed by atoms with Crippen LogP contribution < -0.4 is 0 Å². The van der Waals surface area contributed by atoms with E-state index in [-0.39, 0.29) is 24.5 Å². The Morgan fingerprint density at radius 3 is 2.31 bits per heavy atom. The van der Waals surface area contributed by atoms with Gasteiger partial charge in [0.1, 0.15) is 11.9 Å². The molecular formula is C27H45F3O2. The molecule has 32 heavy (non-hydrogen) atoms. The number of halogens is 3. The molecule has 5 heteroatoms. The quantitative estimate of drug-likeness (QED) is 0.407. The molecule has 2 nitrogen and oxygen atoms in total. The number of Topliss-reactive ketones (excluding diaryl/α,β-unsaturated/α-hetero) is 1. The van der Waals surface area contributed by atoms with Gasteiger partial charge in [0.15, 0.2) is 0 Å². The largest absolute Gasteiger partial charge is 0.414 e. The molecule has 3 saturated carbocycles. The molecule has 0 aromatic rings. The van der Waals surface area contributed by atoms with Crippen LogP contribution in [0.15, 0.2) is 0 Å². The molecule has 1 N–H and O–H groups in total. The van der Waals surface area contributed by atoms with Crippen LogP contribution in [0.25, 0.3) is 0 Å². The van der Waals surface area contributed by atoms with Crippen LogP contribution in [-0.2, 0) is 4.79 Å². The van der Waals surface area contributed by atoms with Crippen molar-refractivity contribution in [2.24, 2.45) is 46.3 Å². The molecule has 0 bridgehead atoms. The number of carbonyl (C=O) groups is 1. The first kappa shape index (κ1) is 26.0. The van der Waals surface area contributed by atoms with E-state index in [0.29, 0.717) is 29.6 Å². The van der Waals surface area contributed by atoms with Crippen molar-refractivity contribution in [3.05, 3.63) is 0 Å². The minimum Gasteiger partial charge on any atom is -0.384 e. The zero-order chi connectivity index (χ0) is 23.9. The van der Waals surface area contributed by atoms with Gasteiger partial charge < -0.3 is 5.11 Å². The fourth-order valence-corrected chi connectivity index (χ4v) is 8.22. The average Bonchev–Trinajstić information content (AvgIpc) is 3.05. The second-order valence-electron chi connectivity index (χ2n) is 12.4. The number of fused-ring (bicyclic) bond motifs is 3. The van der Waals surface area contributed by atoms with E-state index < -0.39 is 17.7 Å². The molecule has 8 atom stereocenters. The topological polar surface area (TPSA) is 37.3 Å². The van der Waals surface area contributed by atoms with E-state index in [2.05, 4.69) is 27.7 Å². The second-order valence-corrected chi connectivity index (χ2v) is 12.4. The van der Waals surface area contributed by atoms with Gasteiger partial charge in [0.2, 0.25) is 0 Å². The summed E-state index contributed by atoms with van der Waals surface area (Å²) < 4.78 is 38.7. The van der Waals surface area contributed by atoms with E-state index in [9.17, 15) is 23.1 Å². The molecular weight excluding hydrogens is 413 g/mol. The van der Waals surface area contributed by atoms with Crippen LogP contribution in [0, 0.1) is 46.3 Å². The van der Waals surface area contributed by atoms with Crippen LogP contribution in [0.5, 0.6) is 0 Å². The number of ketones is 1. The molecule has 186 valence electrons. The van der Waals surface area contributed by atoms with Crippen LogP contribution in [0.4, 0.5) is 13.2 Å². The van der Waals surface area contributed by atoms with E-state index in [0.717, 1.165) is 31.1 Å². The number of alkyl halides is 3. The molecule has 1 unspecified atom stereocenters. The first-order chi connectivity index (χ1) is 14.8. The monoisotopic (exact) mass is 458 g/mol. The third-order valence-electron chi connectivity index (χ3n) is 10.1. The maximum Gasteiger partial charge on any atom is 0.414 e. The summed E-state index contributed by atoms with van der Waals surface area (Å²) in [6.07, 6.45) is 2.56. The van der Waals surface area contributed by atoms with Gasteiger partial charge in [0.05, 0.1) is 0 Å². The van der Waals surface area contributed by atoms with Crippen LogP contribution in [0.2, 0.25) is 0 Å². The first-order valence-electron chi connectivity index (χ1n) is 13.1. The first-order valence-corrected chi connectivity index (χ1v) is 13.1. The molecule has 0 aromatic heterocycles. The second kappa shape index (κ2) is 9.58. The van der Waals surface area contributed by atoms with E-state index in [1.807, 2.05) is 6.92 Å². The summed E-state index contributed by atoms with van der Waals surface area (Å²) >= 11 is 0. The molecule has 3 rings (SSSR count). The third-order valence-corrected chi connectivity index (χ3v) is 10.1. The highest BCUT2D eigenvalue weighted by Gasteiger charge is 2.60. The lowest BCUT2D eigenvalue weighted by atomic mass is 9.47. The number of hydrogen-bond acceptors (Lipinski definition) is 2. The fraction of sp³-hybridized carbons (Fsp3) is 0.963. The summed E-state index contributed by atoms with van der Waals surface area (Å²) in [5.74, 6) is 3.48. The standard InChI is InChI=1S/C27H45F3O2/c1-17(2)7-6-8-18(3)20-10-11-21-19-9-12-23(31)26(5,16-14-24(32)27(28,29)30)22(19)13-15-25(20,21)4/h17-22,24,32H,6-16H2,1-5H3/t18-,19+,20-,21+,22+,24?,25-,26-/m1/s1. The highest BCUT2D eigenvalue weighted by Crippen LogP contribution is 2.66. The summed E-state index contributed by atoms with van der Waals surface area (Å²) in [7, 11) is 0. The van der Waals surface area contributed by atoms with Gasteiger partial charge in [-0.2, -0.15) is 13.2 Å². The molecule has 0 amide bonds. The summed E-state index contributed by atoms with van der Waals surface area (Å²) in [5, 5.41) is 9.57. The number of aliphatic hydroxyl groups is 1. The lowest BCUT2D eigenvalue weighted by molar-refractivity contribution is -0.208. The van der Waals surface area contributed by atoms with Crippen molar-refractivity contribution in [1.82, 2.24) is 0 Å². The molecule has 0 spiro atoms. The highest BCUT2D eigenvalue weighted by molar-refractivity contribution is 5.85. The van der Waals surface area contributed by atoms with E-state index >= 15 is 0 Å². The van der Waals surface area contributed by atoms with Gasteiger partial charge in [0.25, 0.3) is 0 Å². The van der Waals surface area contributed by atoms with Gasteiger partial charge in [-0.3, -0.25) is 4.79 Å². The lowest BCUT2D eigenvalue weighted by Crippen LogP contribution is -2.53. The summed E-state index contributed by atoms with van der Waals surface area (Å²) in [4.78, 5) is 13.0. The molecule has 0 saturated heterocycles. The fourth-order valence-electron chi connectivity index (χ4n) is 8.22. The normalized spacial score (nSPS) is 39.6. The number of carbonyl (C=O) groups excluding carboxylic acids is 1. The van der Waals surface area contributed by atoms with Gasteiger partial charge >= 0.3 is 6.18 Å². The Hall–Kier alpha value is -0.580. The van der Waals surface area contributed by atoms with Gasteiger partial charge in [-0.1, -0.05) is 53.9 Å². The Bertz CT molecular complexity index is 660. The molecule has 3 aliphatic rings. The minimum absolute atomic E-state index is 0.119. The van der Waals surface area contributed by atoms with Crippen LogP contribution >= 0.6 is 0 Å². The zero-order valence-electron chi connectivity index (χ0n) is 20.8. The smallest absolute Gasteiger partial charge is 0.384 e. The SMILES string of the molecule is CC(C)CCC[C@@H](C)[C@H]1CC[C@H]2[C@@H]3CCC(=O)[C@](C)(CCC(O)C(F)(F)F)[C@H]3CC[C@]12C. The third kappa shape index (κ3) is 4.93. The van der Waals surface area contributed by atoms with Crippen molar-refractivity contribution in [3.8, 4) is 0 Å². The van der Waals surface area contributed by atoms with Gasteiger partial charge in [-0.25, -0.2) is 0 Å². The average molecular weight is 459 g/mol. The Morgan fingerprint density at radius 2 is 1.69 bits per heavy atom. The van der Waals surface area contributed by atoms with Crippen LogP contribution in [0.3, 0.4) is 0 Å². The van der Waals surface area contributed by atoms with Crippen molar-refractivity contribution in [2.45, 2.75) is 118 Å². The highest BCUT2D eigenvalue weighted by atomic mass is 19.4. The molecule has 3 fully saturated rings. The summed E-state index contributed by atoms with van der Waals surface area (Å²) in [6.45, 7) is 11.4. The van der Waals surface area contributed by atoms with Crippen LogP contribution in [0.1, 0.15) is 105 Å². The minimum atomic E-state index is -4.61. The van der Waals surface area contributed by atoms with Crippen molar-refractivity contribution in [2.75, 3.05) is 0 Å². The van der Waals surface area contributed by atoms with Crippen molar-refractivity contribution in [3.63, 3.8) is 0 Å². The Labute approximate surface area is 193 Å². The Balaban J connectivity index is 1.71. The molecule has 0 radical (unpaired) electrons. The summed E-state index contributed by atoms with van der Waals surface area (Å²) in [5.41, 5.74) is -0.428. The number of aliphatic hydroxyl groups excluding tert-OH is 1. The van der Waals surface area contributed by atoms with E-state index in [1.54, 1.807) is 0 Å². The van der Waals surface area contributed by atoms with Crippen molar-refractivity contribution < 1.29 is 23.1 Å². The summed E-state index contributed by atoms with van der Waals surface area (Å²) in [6, 6.07) is 0. The molecule has 0 aliphatic heterocycles. The predicted octanol–water partition coefficient (Wildman–Crippen LogP) is 7.58. The van der Waals surface area contributed by atoms with E-state index in [4.69, 9.17) is 0 Å². The maximum atomic E-state index is 13.0. The number of hydrogen-bond donors (Lipinski definition) is 1. The Kier molecular flexibility index (Phi) is 7.79. The van der Waals surface area contributed by atoms with Crippen molar-refractivity contribution in [1.29, 1.82) is 0 Å². The molecule has 0 aromatic carbocycles. The maximum absolute atomic E-state index is 13.0. The predicted molar refractivity (Wildman–Crippen MR) is 122 cm³/mol. The van der Waals surface area contributed by atoms with Crippen molar-refractivity contribution >= 4 is 5.78 Å². The van der Waals surface area contributed by atoms with Gasteiger partial charge in [0, 0.05) is 11.8 Å².